The van der Waals surface area contributed by atoms with E-state index >= 15 is 0 Å². The summed E-state index contributed by atoms with van der Waals surface area (Å²) in [5.41, 5.74) is -1.11. The SMILES string of the molecule is O=C(O)c1cn(Cc2cccc(C(F)(F)F)c2)c2ccc(Br)cc2c1=O. The highest BCUT2D eigenvalue weighted by Gasteiger charge is 2.30. The van der Waals surface area contributed by atoms with E-state index in [0.717, 1.165) is 18.3 Å². The van der Waals surface area contributed by atoms with Crippen LogP contribution in [-0.2, 0) is 12.7 Å². The summed E-state index contributed by atoms with van der Waals surface area (Å²) < 4.78 is 40.7. The fourth-order valence-corrected chi connectivity index (χ4v) is 3.06. The molecule has 1 N–H and O–H groups in total. The summed E-state index contributed by atoms with van der Waals surface area (Å²) in [5, 5.41) is 9.43. The molecular weight excluding hydrogens is 415 g/mol. The minimum atomic E-state index is -4.47. The smallest absolute Gasteiger partial charge is 0.416 e. The molecule has 0 bridgehead atoms. The lowest BCUT2D eigenvalue weighted by atomic mass is 10.1. The number of rotatable bonds is 3. The van der Waals surface area contributed by atoms with Crippen molar-refractivity contribution in [3.63, 3.8) is 0 Å². The number of hydrogen-bond donors (Lipinski definition) is 1. The number of carboxylic acids is 1. The first-order valence-electron chi connectivity index (χ1n) is 7.39. The van der Waals surface area contributed by atoms with E-state index in [9.17, 15) is 27.9 Å². The zero-order valence-corrected chi connectivity index (χ0v) is 14.6. The number of benzene rings is 2. The van der Waals surface area contributed by atoms with Gasteiger partial charge in [0, 0.05) is 22.6 Å². The molecule has 0 amide bonds. The van der Waals surface area contributed by atoms with E-state index in [2.05, 4.69) is 15.9 Å². The van der Waals surface area contributed by atoms with Crippen molar-refractivity contribution in [2.75, 3.05) is 0 Å². The molecule has 26 heavy (non-hydrogen) atoms. The molecule has 0 radical (unpaired) electrons. The lowest BCUT2D eigenvalue weighted by Crippen LogP contribution is -2.19. The fraction of sp³-hybridized carbons (Fsp3) is 0.111. The highest BCUT2D eigenvalue weighted by molar-refractivity contribution is 9.10. The molecule has 0 atom stereocenters. The normalized spacial score (nSPS) is 11.7. The van der Waals surface area contributed by atoms with Crippen molar-refractivity contribution in [3.8, 4) is 0 Å². The number of nitrogens with zero attached hydrogens (tertiary/aromatic N) is 1. The number of aromatic nitrogens is 1. The van der Waals surface area contributed by atoms with Gasteiger partial charge in [-0.15, -0.1) is 0 Å². The van der Waals surface area contributed by atoms with Crippen LogP contribution in [0.2, 0.25) is 0 Å². The summed E-state index contributed by atoms with van der Waals surface area (Å²) in [4.78, 5) is 23.7. The van der Waals surface area contributed by atoms with Crippen LogP contribution in [-0.4, -0.2) is 15.6 Å². The van der Waals surface area contributed by atoms with Gasteiger partial charge in [-0.05, 0) is 35.9 Å². The summed E-state index contributed by atoms with van der Waals surface area (Å²) in [6, 6.07) is 9.55. The number of hydrogen-bond acceptors (Lipinski definition) is 2. The van der Waals surface area contributed by atoms with Crippen molar-refractivity contribution in [3.05, 3.63) is 80.0 Å². The third-order valence-corrected chi connectivity index (χ3v) is 4.37. The summed E-state index contributed by atoms with van der Waals surface area (Å²) >= 11 is 3.23. The third-order valence-electron chi connectivity index (χ3n) is 3.88. The maximum Gasteiger partial charge on any atom is 0.416 e. The molecule has 2 aromatic carbocycles. The molecule has 3 aromatic rings. The topological polar surface area (TPSA) is 59.3 Å². The Morgan fingerprint density at radius 2 is 1.88 bits per heavy atom. The van der Waals surface area contributed by atoms with Crippen molar-refractivity contribution in [1.82, 2.24) is 4.57 Å². The van der Waals surface area contributed by atoms with Gasteiger partial charge in [0.05, 0.1) is 11.1 Å². The van der Waals surface area contributed by atoms with Crippen molar-refractivity contribution in [2.45, 2.75) is 12.7 Å². The summed E-state index contributed by atoms with van der Waals surface area (Å²) in [7, 11) is 0. The Bertz CT molecular complexity index is 1070. The van der Waals surface area contributed by atoms with Gasteiger partial charge in [-0.1, -0.05) is 28.1 Å². The molecular formula is C18H11BrF3NO3. The van der Waals surface area contributed by atoms with E-state index in [4.69, 9.17) is 0 Å². The van der Waals surface area contributed by atoms with Crippen LogP contribution in [0.3, 0.4) is 0 Å². The van der Waals surface area contributed by atoms with Crippen LogP contribution < -0.4 is 5.43 Å². The van der Waals surface area contributed by atoms with Crippen LogP contribution in [0.25, 0.3) is 10.9 Å². The van der Waals surface area contributed by atoms with Crippen molar-refractivity contribution >= 4 is 32.8 Å². The lowest BCUT2D eigenvalue weighted by molar-refractivity contribution is -0.137. The Balaban J connectivity index is 2.18. The number of carboxylic acid groups (broad SMARTS) is 1. The van der Waals surface area contributed by atoms with Gasteiger partial charge in [0.25, 0.3) is 0 Å². The summed E-state index contributed by atoms with van der Waals surface area (Å²) in [6.07, 6.45) is -3.32. The molecule has 3 rings (SSSR count). The highest BCUT2D eigenvalue weighted by Crippen LogP contribution is 2.30. The molecule has 4 nitrogen and oxygen atoms in total. The van der Waals surface area contributed by atoms with Gasteiger partial charge in [-0.2, -0.15) is 13.2 Å². The van der Waals surface area contributed by atoms with Crippen LogP contribution in [0.5, 0.6) is 0 Å². The zero-order chi connectivity index (χ0) is 19.1. The van der Waals surface area contributed by atoms with E-state index in [0.29, 0.717) is 15.6 Å². The van der Waals surface area contributed by atoms with Crippen molar-refractivity contribution in [2.24, 2.45) is 0 Å². The molecule has 0 aliphatic heterocycles. The molecule has 8 heteroatoms. The van der Waals surface area contributed by atoms with Crippen molar-refractivity contribution < 1.29 is 23.1 Å². The second-order valence-electron chi connectivity index (χ2n) is 5.66. The second kappa shape index (κ2) is 6.60. The van der Waals surface area contributed by atoms with Gasteiger partial charge >= 0.3 is 12.1 Å². The quantitative estimate of drug-likeness (QED) is 0.670. The van der Waals surface area contributed by atoms with E-state index in [1.807, 2.05) is 0 Å². The molecule has 0 aliphatic carbocycles. The highest BCUT2D eigenvalue weighted by atomic mass is 79.9. The average Bonchev–Trinajstić information content (AvgIpc) is 2.56. The van der Waals surface area contributed by atoms with Gasteiger partial charge in [0.2, 0.25) is 5.43 Å². The molecule has 0 saturated carbocycles. The molecule has 0 aliphatic rings. The third kappa shape index (κ3) is 3.50. The summed E-state index contributed by atoms with van der Waals surface area (Å²) in [6.45, 7) is -0.0113. The van der Waals surface area contributed by atoms with Crippen LogP contribution in [0.4, 0.5) is 13.2 Å². The predicted molar refractivity (Wildman–Crippen MR) is 93.4 cm³/mol. The van der Waals surface area contributed by atoms with Crippen LogP contribution in [0.15, 0.2) is 57.9 Å². The van der Waals surface area contributed by atoms with Crippen LogP contribution >= 0.6 is 15.9 Å². The molecule has 0 saturated heterocycles. The first-order chi connectivity index (χ1) is 12.2. The molecule has 134 valence electrons. The van der Waals surface area contributed by atoms with Gasteiger partial charge in [-0.3, -0.25) is 4.79 Å². The molecule has 1 heterocycles. The first-order valence-corrected chi connectivity index (χ1v) is 8.18. The lowest BCUT2D eigenvalue weighted by Gasteiger charge is -2.14. The number of carbonyl (C=O) groups is 1. The van der Waals surface area contributed by atoms with E-state index in [-0.39, 0.29) is 11.9 Å². The molecule has 0 unspecified atom stereocenters. The number of fused-ring (bicyclic) bond motifs is 1. The zero-order valence-electron chi connectivity index (χ0n) is 13.0. The maximum atomic E-state index is 12.9. The molecule has 0 spiro atoms. The fourth-order valence-electron chi connectivity index (χ4n) is 2.70. The number of halogens is 4. The monoisotopic (exact) mass is 425 g/mol. The average molecular weight is 426 g/mol. The number of aromatic carboxylic acids is 1. The van der Waals surface area contributed by atoms with E-state index in [1.165, 1.54) is 22.8 Å². The van der Waals surface area contributed by atoms with Crippen LogP contribution in [0, 0.1) is 0 Å². The number of pyridine rings is 1. The summed E-state index contributed by atoms with van der Waals surface area (Å²) in [5.74, 6) is -1.39. The Labute approximate surface area is 153 Å². The minimum Gasteiger partial charge on any atom is -0.477 e. The Hall–Kier alpha value is -2.61. The Kier molecular flexibility index (Phi) is 4.62. The first kappa shape index (κ1) is 18.2. The predicted octanol–water partition coefficient (Wildman–Crippen LogP) is 4.53. The van der Waals surface area contributed by atoms with E-state index < -0.39 is 28.7 Å². The second-order valence-corrected chi connectivity index (χ2v) is 6.58. The van der Waals surface area contributed by atoms with Crippen LogP contribution in [0.1, 0.15) is 21.5 Å². The Morgan fingerprint density at radius 3 is 2.54 bits per heavy atom. The molecule has 0 fully saturated rings. The number of alkyl halides is 3. The van der Waals surface area contributed by atoms with E-state index in [1.54, 1.807) is 12.1 Å². The molecule has 1 aromatic heterocycles. The minimum absolute atomic E-state index is 0.0113. The largest absolute Gasteiger partial charge is 0.477 e. The van der Waals surface area contributed by atoms with Gasteiger partial charge < -0.3 is 9.67 Å². The Morgan fingerprint density at radius 1 is 1.15 bits per heavy atom. The van der Waals surface area contributed by atoms with Crippen molar-refractivity contribution in [1.29, 1.82) is 0 Å². The maximum absolute atomic E-state index is 12.9. The van der Waals surface area contributed by atoms with Gasteiger partial charge in [0.1, 0.15) is 5.56 Å². The van der Waals surface area contributed by atoms with Gasteiger partial charge in [0.15, 0.2) is 0 Å². The van der Waals surface area contributed by atoms with Gasteiger partial charge in [-0.25, -0.2) is 4.79 Å². The standard InChI is InChI=1S/C18H11BrF3NO3/c19-12-4-5-15-13(7-12)16(24)14(17(25)26)9-23(15)8-10-2-1-3-11(6-10)18(20,21)22/h1-7,9H,8H2,(H,25,26).